The predicted molar refractivity (Wildman–Crippen MR) is 80.7 cm³/mol. The smallest absolute Gasteiger partial charge is 0.0931 e. The molecule has 1 N–H and O–H groups in total. The molecule has 0 aliphatic rings. The molecule has 1 aromatic heterocycles. The van der Waals surface area contributed by atoms with Gasteiger partial charge < -0.3 is 5.32 Å². The maximum Gasteiger partial charge on any atom is 0.0931 e. The van der Waals surface area contributed by atoms with Gasteiger partial charge in [0.05, 0.1) is 10.4 Å². The van der Waals surface area contributed by atoms with Crippen LogP contribution >= 0.6 is 22.9 Å². The van der Waals surface area contributed by atoms with Crippen LogP contribution in [-0.2, 0) is 6.42 Å². The Labute approximate surface area is 118 Å². The van der Waals surface area contributed by atoms with Crippen molar-refractivity contribution in [1.29, 1.82) is 0 Å². The maximum atomic E-state index is 6.03. The summed E-state index contributed by atoms with van der Waals surface area (Å²) in [6, 6.07) is 13.1. The van der Waals surface area contributed by atoms with Crippen LogP contribution < -0.4 is 5.32 Å². The Balaban J connectivity index is 2.28. The Morgan fingerprint density at radius 1 is 1.11 bits per heavy atom. The normalized spacial score (nSPS) is 12.6. The molecule has 3 heteroatoms. The first-order valence-electron chi connectivity index (χ1n) is 6.32. The van der Waals surface area contributed by atoms with E-state index in [-0.39, 0.29) is 6.04 Å². The highest BCUT2D eigenvalue weighted by molar-refractivity contribution is 7.16. The van der Waals surface area contributed by atoms with Crippen LogP contribution in [0.2, 0.25) is 4.34 Å². The molecule has 0 aliphatic carbocycles. The Hall–Kier alpha value is -0.830. The standard InChI is InChI=1S/C15H18ClNS/c1-3-11-5-7-12(8-6-11)15(17-4-2)13-9-10-14(16)18-13/h5-10,15,17H,3-4H2,1-2H3. The van der Waals surface area contributed by atoms with Crippen molar-refractivity contribution in [2.24, 2.45) is 0 Å². The highest BCUT2D eigenvalue weighted by Gasteiger charge is 2.14. The monoisotopic (exact) mass is 279 g/mol. The van der Waals surface area contributed by atoms with E-state index in [0.29, 0.717) is 0 Å². The van der Waals surface area contributed by atoms with Crippen molar-refractivity contribution in [3.05, 3.63) is 56.7 Å². The van der Waals surface area contributed by atoms with Gasteiger partial charge in [-0.05, 0) is 36.2 Å². The minimum absolute atomic E-state index is 0.249. The van der Waals surface area contributed by atoms with Gasteiger partial charge in [0.25, 0.3) is 0 Å². The van der Waals surface area contributed by atoms with Crippen molar-refractivity contribution in [3.63, 3.8) is 0 Å². The topological polar surface area (TPSA) is 12.0 Å². The molecule has 2 aromatic rings. The fraction of sp³-hybridized carbons (Fsp3) is 0.333. The van der Waals surface area contributed by atoms with Crippen molar-refractivity contribution in [1.82, 2.24) is 5.32 Å². The van der Waals surface area contributed by atoms with Crippen LogP contribution in [-0.4, -0.2) is 6.54 Å². The van der Waals surface area contributed by atoms with Gasteiger partial charge in [0.2, 0.25) is 0 Å². The molecule has 96 valence electrons. The first-order chi connectivity index (χ1) is 8.74. The van der Waals surface area contributed by atoms with Gasteiger partial charge in [-0.25, -0.2) is 0 Å². The maximum absolute atomic E-state index is 6.03. The van der Waals surface area contributed by atoms with Crippen molar-refractivity contribution in [2.45, 2.75) is 26.3 Å². The predicted octanol–water partition coefficient (Wildman–Crippen LogP) is 4.66. The number of hydrogen-bond acceptors (Lipinski definition) is 2. The molecule has 1 unspecified atom stereocenters. The Morgan fingerprint density at radius 2 is 1.83 bits per heavy atom. The number of aryl methyl sites for hydroxylation is 1. The first-order valence-corrected chi connectivity index (χ1v) is 7.51. The number of halogens is 1. The summed E-state index contributed by atoms with van der Waals surface area (Å²) in [4.78, 5) is 1.27. The van der Waals surface area contributed by atoms with E-state index in [2.05, 4.69) is 49.5 Å². The average Bonchev–Trinajstić information content (AvgIpc) is 2.82. The molecule has 0 saturated carbocycles. The third-order valence-corrected chi connectivity index (χ3v) is 4.30. The summed E-state index contributed by atoms with van der Waals surface area (Å²) < 4.78 is 0.845. The van der Waals surface area contributed by atoms with Gasteiger partial charge in [-0.3, -0.25) is 0 Å². The zero-order valence-electron chi connectivity index (χ0n) is 10.7. The molecule has 0 amide bonds. The second-order valence-electron chi connectivity index (χ2n) is 4.23. The number of benzene rings is 1. The lowest BCUT2D eigenvalue weighted by atomic mass is 10.0. The minimum atomic E-state index is 0.249. The second-order valence-corrected chi connectivity index (χ2v) is 5.97. The van der Waals surface area contributed by atoms with E-state index in [1.165, 1.54) is 16.0 Å². The van der Waals surface area contributed by atoms with Crippen molar-refractivity contribution >= 4 is 22.9 Å². The Kier molecular flexibility index (Phi) is 4.81. The van der Waals surface area contributed by atoms with Crippen molar-refractivity contribution in [2.75, 3.05) is 6.54 Å². The van der Waals surface area contributed by atoms with Gasteiger partial charge in [-0.15, -0.1) is 11.3 Å². The van der Waals surface area contributed by atoms with E-state index in [4.69, 9.17) is 11.6 Å². The lowest BCUT2D eigenvalue weighted by Crippen LogP contribution is -2.21. The van der Waals surface area contributed by atoms with Crippen LogP contribution in [0.5, 0.6) is 0 Å². The van der Waals surface area contributed by atoms with Crippen LogP contribution in [0.4, 0.5) is 0 Å². The largest absolute Gasteiger partial charge is 0.306 e. The zero-order valence-corrected chi connectivity index (χ0v) is 12.3. The van der Waals surface area contributed by atoms with Crippen LogP contribution in [0.25, 0.3) is 0 Å². The van der Waals surface area contributed by atoms with E-state index >= 15 is 0 Å². The van der Waals surface area contributed by atoms with Gasteiger partial charge in [-0.1, -0.05) is 49.7 Å². The second kappa shape index (κ2) is 6.37. The molecule has 18 heavy (non-hydrogen) atoms. The van der Waals surface area contributed by atoms with Crippen LogP contribution in [0, 0.1) is 0 Å². The highest BCUT2D eigenvalue weighted by atomic mass is 35.5. The summed E-state index contributed by atoms with van der Waals surface area (Å²) in [7, 11) is 0. The van der Waals surface area contributed by atoms with Crippen LogP contribution in [0.1, 0.15) is 35.9 Å². The number of nitrogens with one attached hydrogen (secondary N) is 1. The summed E-state index contributed by atoms with van der Waals surface area (Å²) in [6.45, 7) is 5.24. The molecule has 0 radical (unpaired) electrons. The molecule has 1 aromatic carbocycles. The van der Waals surface area contributed by atoms with E-state index in [1.807, 2.05) is 6.07 Å². The molecular formula is C15H18ClNS. The molecule has 0 bridgehead atoms. The summed E-state index contributed by atoms with van der Waals surface area (Å²) in [5.41, 5.74) is 2.67. The molecule has 1 heterocycles. The average molecular weight is 280 g/mol. The molecule has 0 fully saturated rings. The molecular weight excluding hydrogens is 262 g/mol. The molecule has 1 atom stereocenters. The summed E-state index contributed by atoms with van der Waals surface area (Å²) in [6.07, 6.45) is 1.08. The van der Waals surface area contributed by atoms with E-state index in [9.17, 15) is 0 Å². The van der Waals surface area contributed by atoms with Crippen LogP contribution in [0.15, 0.2) is 36.4 Å². The lowest BCUT2D eigenvalue weighted by molar-refractivity contribution is 0.639. The number of hydrogen-bond donors (Lipinski definition) is 1. The third-order valence-electron chi connectivity index (χ3n) is 3.01. The lowest BCUT2D eigenvalue weighted by Gasteiger charge is -2.17. The summed E-state index contributed by atoms with van der Waals surface area (Å²) in [5.74, 6) is 0. The fourth-order valence-electron chi connectivity index (χ4n) is 2.02. The Bertz CT molecular complexity index is 489. The van der Waals surface area contributed by atoms with E-state index < -0.39 is 0 Å². The molecule has 0 saturated heterocycles. The first kappa shape index (κ1) is 13.6. The molecule has 0 aliphatic heterocycles. The fourth-order valence-corrected chi connectivity index (χ4v) is 3.18. The van der Waals surface area contributed by atoms with Gasteiger partial charge in [0.15, 0.2) is 0 Å². The minimum Gasteiger partial charge on any atom is -0.306 e. The van der Waals surface area contributed by atoms with Crippen molar-refractivity contribution < 1.29 is 0 Å². The number of thiophene rings is 1. The van der Waals surface area contributed by atoms with E-state index in [1.54, 1.807) is 11.3 Å². The van der Waals surface area contributed by atoms with Crippen LogP contribution in [0.3, 0.4) is 0 Å². The van der Waals surface area contributed by atoms with Gasteiger partial charge in [0, 0.05) is 4.88 Å². The SMILES string of the molecule is CCNC(c1ccc(CC)cc1)c1ccc(Cl)s1. The quantitative estimate of drug-likeness (QED) is 0.839. The van der Waals surface area contributed by atoms with Gasteiger partial charge >= 0.3 is 0 Å². The third kappa shape index (κ3) is 3.14. The highest BCUT2D eigenvalue weighted by Crippen LogP contribution is 2.31. The summed E-state index contributed by atoms with van der Waals surface area (Å²) >= 11 is 7.67. The zero-order chi connectivity index (χ0) is 13.0. The van der Waals surface area contributed by atoms with Crippen molar-refractivity contribution in [3.8, 4) is 0 Å². The summed E-state index contributed by atoms with van der Waals surface area (Å²) in [5, 5.41) is 3.52. The number of rotatable bonds is 5. The Morgan fingerprint density at radius 3 is 2.33 bits per heavy atom. The van der Waals surface area contributed by atoms with E-state index in [0.717, 1.165) is 17.3 Å². The molecule has 1 nitrogen and oxygen atoms in total. The van der Waals surface area contributed by atoms with Gasteiger partial charge in [0.1, 0.15) is 0 Å². The molecule has 0 spiro atoms. The molecule has 2 rings (SSSR count). The van der Waals surface area contributed by atoms with Gasteiger partial charge in [-0.2, -0.15) is 0 Å².